The number of amides is 1. The summed E-state index contributed by atoms with van der Waals surface area (Å²) in [5, 5.41) is 15.6. The number of ether oxygens (including phenoxy) is 2. The Hall–Kier alpha value is -4.27. The molecule has 0 saturated heterocycles. The topological polar surface area (TPSA) is 97.2 Å². The Balaban J connectivity index is 1.57. The van der Waals surface area contributed by atoms with Gasteiger partial charge in [-0.15, -0.1) is 0 Å². The van der Waals surface area contributed by atoms with E-state index in [1.807, 2.05) is 13.0 Å². The summed E-state index contributed by atoms with van der Waals surface area (Å²) in [5.74, 6) is -0.695. The van der Waals surface area contributed by atoms with Crippen LogP contribution in [0.2, 0.25) is 0 Å². The van der Waals surface area contributed by atoms with Gasteiger partial charge in [0.05, 0.1) is 22.9 Å². The van der Waals surface area contributed by atoms with Gasteiger partial charge in [0.2, 0.25) is 0 Å². The van der Waals surface area contributed by atoms with Crippen molar-refractivity contribution in [1.82, 2.24) is 5.43 Å². The molecular formula is C30H25BrN2O5. The number of aliphatic hydroxyl groups is 1. The molecule has 0 aromatic heterocycles. The molecule has 0 spiro atoms. The quantitative estimate of drug-likeness (QED) is 0.120. The van der Waals surface area contributed by atoms with Gasteiger partial charge >= 0.3 is 5.97 Å². The maximum Gasteiger partial charge on any atom is 0.343 e. The highest BCUT2D eigenvalue weighted by Crippen LogP contribution is 2.37. The number of hydrazone groups is 1. The molecule has 0 unspecified atom stereocenters. The van der Waals surface area contributed by atoms with Crippen LogP contribution in [0.25, 0.3) is 0 Å². The van der Waals surface area contributed by atoms with Gasteiger partial charge in [-0.2, -0.15) is 5.10 Å². The molecule has 0 fully saturated rings. The van der Waals surface area contributed by atoms with Crippen molar-refractivity contribution in [2.45, 2.75) is 12.5 Å². The zero-order chi connectivity index (χ0) is 27.0. The Morgan fingerprint density at radius 2 is 1.47 bits per heavy atom. The van der Waals surface area contributed by atoms with Crippen LogP contribution in [-0.4, -0.2) is 29.8 Å². The Kier molecular flexibility index (Phi) is 8.68. The Morgan fingerprint density at radius 3 is 2.03 bits per heavy atom. The molecule has 8 heteroatoms. The second-order valence-electron chi connectivity index (χ2n) is 8.16. The van der Waals surface area contributed by atoms with E-state index in [0.29, 0.717) is 39.1 Å². The van der Waals surface area contributed by atoms with Crippen LogP contribution in [0, 0.1) is 0 Å². The summed E-state index contributed by atoms with van der Waals surface area (Å²) >= 11 is 3.44. The molecule has 1 amide bonds. The molecule has 0 atom stereocenters. The largest absolute Gasteiger partial charge is 0.490 e. The van der Waals surface area contributed by atoms with E-state index >= 15 is 0 Å². The normalized spacial score (nSPS) is 11.2. The smallest absolute Gasteiger partial charge is 0.343 e. The van der Waals surface area contributed by atoms with Gasteiger partial charge in [-0.3, -0.25) is 4.79 Å². The Labute approximate surface area is 228 Å². The highest BCUT2D eigenvalue weighted by Gasteiger charge is 2.39. The van der Waals surface area contributed by atoms with Crippen molar-refractivity contribution in [3.05, 3.63) is 130 Å². The first-order chi connectivity index (χ1) is 18.4. The second kappa shape index (κ2) is 12.3. The fraction of sp³-hybridized carbons (Fsp3) is 0.100. The first-order valence-electron chi connectivity index (χ1n) is 11.8. The van der Waals surface area contributed by atoms with Crippen molar-refractivity contribution in [2.24, 2.45) is 5.10 Å². The predicted molar refractivity (Wildman–Crippen MR) is 148 cm³/mol. The highest BCUT2D eigenvalue weighted by atomic mass is 79.9. The van der Waals surface area contributed by atoms with Gasteiger partial charge in [0.1, 0.15) is 0 Å². The Bertz CT molecular complexity index is 1390. The number of rotatable bonds is 9. The molecule has 0 aliphatic rings. The molecule has 4 aromatic rings. The fourth-order valence-corrected chi connectivity index (χ4v) is 4.32. The third kappa shape index (κ3) is 5.99. The third-order valence-corrected chi connectivity index (χ3v) is 6.22. The minimum absolute atomic E-state index is 0.226. The van der Waals surface area contributed by atoms with Crippen LogP contribution in [0.15, 0.2) is 113 Å². The molecule has 192 valence electrons. The van der Waals surface area contributed by atoms with Crippen molar-refractivity contribution < 1.29 is 24.2 Å². The van der Waals surface area contributed by atoms with Gasteiger partial charge in [0.25, 0.3) is 5.91 Å². The van der Waals surface area contributed by atoms with Crippen molar-refractivity contribution in [3.8, 4) is 11.5 Å². The van der Waals surface area contributed by atoms with E-state index in [1.165, 1.54) is 6.21 Å². The van der Waals surface area contributed by atoms with Crippen LogP contribution in [-0.2, 0) is 10.4 Å². The summed E-state index contributed by atoms with van der Waals surface area (Å²) in [6.07, 6.45) is 1.41. The minimum atomic E-state index is -1.95. The number of hydrogen-bond donors (Lipinski definition) is 2. The molecule has 0 aliphatic heterocycles. The van der Waals surface area contributed by atoms with E-state index in [0.717, 1.165) is 0 Å². The predicted octanol–water partition coefficient (Wildman–Crippen LogP) is 5.45. The molecule has 0 radical (unpaired) electrons. The van der Waals surface area contributed by atoms with E-state index in [4.69, 9.17) is 9.47 Å². The van der Waals surface area contributed by atoms with Gasteiger partial charge in [0.15, 0.2) is 17.1 Å². The van der Waals surface area contributed by atoms with Crippen LogP contribution >= 0.6 is 15.9 Å². The molecule has 2 N–H and O–H groups in total. The summed E-state index contributed by atoms with van der Waals surface area (Å²) in [6.45, 7) is 2.15. The van der Waals surface area contributed by atoms with Crippen molar-refractivity contribution in [2.75, 3.05) is 6.61 Å². The third-order valence-electron chi connectivity index (χ3n) is 5.63. The molecule has 38 heavy (non-hydrogen) atoms. The van der Waals surface area contributed by atoms with E-state index in [1.54, 1.807) is 97.1 Å². The SMILES string of the molecule is CCOc1cc(/C=N\NC(=O)C(O)(c2ccccc2)c2ccccc2)cc(Br)c1OC(=O)c1ccccc1. The van der Waals surface area contributed by atoms with Crippen LogP contribution in [0.4, 0.5) is 0 Å². The number of hydrogen-bond acceptors (Lipinski definition) is 6. The summed E-state index contributed by atoms with van der Waals surface area (Å²) in [6, 6.07) is 29.3. The van der Waals surface area contributed by atoms with E-state index < -0.39 is 17.5 Å². The van der Waals surface area contributed by atoms with Gasteiger partial charge in [-0.05, 0) is 63.8 Å². The Morgan fingerprint density at radius 1 is 0.921 bits per heavy atom. The first kappa shape index (κ1) is 26.8. The molecule has 0 bridgehead atoms. The maximum atomic E-state index is 13.2. The van der Waals surface area contributed by atoms with Gasteiger partial charge in [-0.25, -0.2) is 10.2 Å². The number of esters is 1. The molecule has 0 heterocycles. The molecule has 4 rings (SSSR count). The maximum absolute atomic E-state index is 13.2. The molecule has 7 nitrogen and oxygen atoms in total. The van der Waals surface area contributed by atoms with Gasteiger partial charge in [0, 0.05) is 0 Å². The number of carbonyl (C=O) groups excluding carboxylic acids is 2. The fourth-order valence-electron chi connectivity index (χ4n) is 3.78. The number of nitrogens with zero attached hydrogens (tertiary/aromatic N) is 1. The summed E-state index contributed by atoms with van der Waals surface area (Å²) in [5.41, 5.74) is 2.27. The second-order valence-corrected chi connectivity index (χ2v) is 9.01. The average Bonchev–Trinajstić information content (AvgIpc) is 2.95. The van der Waals surface area contributed by atoms with Gasteiger partial charge in [-0.1, -0.05) is 78.9 Å². The lowest BCUT2D eigenvalue weighted by Gasteiger charge is -2.27. The standard InChI is InChI=1S/C30H25BrN2O5/c1-2-37-26-19-21(18-25(31)27(26)38-28(34)22-12-6-3-7-13-22)20-32-33-29(35)30(36,23-14-8-4-9-15-23)24-16-10-5-11-17-24/h3-20,36H,2H2,1H3,(H,33,35)/b32-20-. The summed E-state index contributed by atoms with van der Waals surface area (Å²) in [4.78, 5) is 25.8. The zero-order valence-corrected chi connectivity index (χ0v) is 22.1. The van der Waals surface area contributed by atoms with Crippen molar-refractivity contribution in [3.63, 3.8) is 0 Å². The molecule has 4 aromatic carbocycles. The number of carbonyl (C=O) groups is 2. The minimum Gasteiger partial charge on any atom is -0.490 e. The zero-order valence-electron chi connectivity index (χ0n) is 20.5. The monoisotopic (exact) mass is 572 g/mol. The number of halogens is 1. The average molecular weight is 573 g/mol. The van der Waals surface area contributed by atoms with Crippen LogP contribution < -0.4 is 14.9 Å². The van der Waals surface area contributed by atoms with E-state index in [9.17, 15) is 14.7 Å². The number of nitrogens with one attached hydrogen (secondary N) is 1. The van der Waals surface area contributed by atoms with E-state index in [2.05, 4.69) is 26.5 Å². The summed E-state index contributed by atoms with van der Waals surface area (Å²) in [7, 11) is 0. The molecule has 0 aliphatic carbocycles. The lowest BCUT2D eigenvalue weighted by molar-refractivity contribution is -0.136. The molecule has 0 saturated carbocycles. The van der Waals surface area contributed by atoms with Crippen LogP contribution in [0.3, 0.4) is 0 Å². The lowest BCUT2D eigenvalue weighted by atomic mass is 9.85. The van der Waals surface area contributed by atoms with Crippen molar-refractivity contribution >= 4 is 34.0 Å². The van der Waals surface area contributed by atoms with E-state index in [-0.39, 0.29) is 5.75 Å². The van der Waals surface area contributed by atoms with Crippen LogP contribution in [0.5, 0.6) is 11.5 Å². The van der Waals surface area contributed by atoms with Crippen molar-refractivity contribution in [1.29, 1.82) is 0 Å². The highest BCUT2D eigenvalue weighted by molar-refractivity contribution is 9.10. The van der Waals surface area contributed by atoms with Gasteiger partial charge < -0.3 is 14.6 Å². The van der Waals surface area contributed by atoms with Crippen LogP contribution in [0.1, 0.15) is 34.0 Å². The lowest BCUT2D eigenvalue weighted by Crippen LogP contribution is -2.43. The first-order valence-corrected chi connectivity index (χ1v) is 12.6. The summed E-state index contributed by atoms with van der Waals surface area (Å²) < 4.78 is 11.8. The molecular weight excluding hydrogens is 548 g/mol. The number of benzene rings is 4.